The molecule has 200 valence electrons. The zero-order valence-electron chi connectivity index (χ0n) is 22.0. The van der Waals surface area contributed by atoms with Gasteiger partial charge < -0.3 is 9.47 Å². The molecule has 4 rings (SSSR count). The maximum Gasteiger partial charge on any atom is 0.346 e. The van der Waals surface area contributed by atoms with Crippen molar-refractivity contribution < 1.29 is 27.5 Å². The van der Waals surface area contributed by atoms with E-state index in [-0.39, 0.29) is 14.7 Å². The fourth-order valence-electron chi connectivity index (χ4n) is 4.29. The maximum absolute atomic E-state index is 14.1. The normalized spacial score (nSPS) is 17.0. The summed E-state index contributed by atoms with van der Waals surface area (Å²) in [6.07, 6.45) is 0. The molecule has 38 heavy (non-hydrogen) atoms. The highest BCUT2D eigenvalue weighted by Crippen LogP contribution is 2.56. The number of hydrogen-bond donors (Lipinski definition) is 0. The summed E-state index contributed by atoms with van der Waals surface area (Å²) in [6.45, 7) is 9.28. The second kappa shape index (κ2) is 10.2. The number of benzene rings is 2. The molecule has 0 N–H and O–H groups in total. The molecule has 0 radical (unpaired) electrons. The first-order valence-electron chi connectivity index (χ1n) is 11.5. The van der Waals surface area contributed by atoms with Gasteiger partial charge in [0.15, 0.2) is 0 Å². The van der Waals surface area contributed by atoms with Gasteiger partial charge in [0.2, 0.25) is 0 Å². The molecule has 2 aromatic rings. The van der Waals surface area contributed by atoms with Crippen LogP contribution < -0.4 is 4.31 Å². The first kappa shape index (κ1) is 28.4. The SMILES string of the molecule is COC(=O)C1=C(C(=O)OC)SC(=C2C(=S)C(C)(C)N(S(=O)(=O)c3ccc(C)cc3)c3cc(C)c(C)cc32)S1. The van der Waals surface area contributed by atoms with Crippen LogP contribution in [-0.2, 0) is 29.1 Å². The molecule has 7 nitrogen and oxygen atoms in total. The highest BCUT2D eigenvalue weighted by Gasteiger charge is 2.48. The maximum atomic E-state index is 14.1. The van der Waals surface area contributed by atoms with Crippen molar-refractivity contribution in [3.05, 3.63) is 72.7 Å². The highest BCUT2D eigenvalue weighted by molar-refractivity contribution is 8.29. The molecule has 0 fully saturated rings. The predicted octanol–water partition coefficient (Wildman–Crippen LogP) is 5.68. The van der Waals surface area contributed by atoms with Crippen molar-refractivity contribution in [2.75, 3.05) is 18.5 Å². The lowest BCUT2D eigenvalue weighted by atomic mass is 9.84. The van der Waals surface area contributed by atoms with Gasteiger partial charge in [0.05, 0.1) is 39.4 Å². The first-order valence-corrected chi connectivity index (χ1v) is 15.0. The third-order valence-corrected chi connectivity index (χ3v) is 11.8. The topological polar surface area (TPSA) is 90.0 Å². The van der Waals surface area contributed by atoms with Crippen molar-refractivity contribution >= 4 is 73.8 Å². The smallest absolute Gasteiger partial charge is 0.346 e. The van der Waals surface area contributed by atoms with Gasteiger partial charge in [-0.05, 0) is 70.0 Å². The van der Waals surface area contributed by atoms with Crippen molar-refractivity contribution in [1.29, 1.82) is 0 Å². The molecule has 2 aromatic carbocycles. The summed E-state index contributed by atoms with van der Waals surface area (Å²) in [4.78, 5) is 25.8. The Hall–Kier alpha value is -2.60. The van der Waals surface area contributed by atoms with Gasteiger partial charge in [-0.15, -0.1) is 0 Å². The lowest BCUT2D eigenvalue weighted by Gasteiger charge is -2.45. The summed E-state index contributed by atoms with van der Waals surface area (Å²) in [5.41, 5.74) is 3.34. The van der Waals surface area contributed by atoms with E-state index in [2.05, 4.69) is 0 Å². The molecule has 0 unspecified atom stereocenters. The molecule has 11 heteroatoms. The molecular formula is C27H27NO6S4. The zero-order chi connectivity index (χ0) is 28.2. The number of carbonyl (C=O) groups is 2. The molecule has 2 aliphatic rings. The number of carbonyl (C=O) groups excluding carboxylic acids is 2. The number of aryl methyl sites for hydroxylation is 3. The number of sulfonamides is 1. The van der Waals surface area contributed by atoms with Crippen molar-refractivity contribution in [3.8, 4) is 0 Å². The second-order valence-corrected chi connectivity index (χ2v) is 13.9. The Balaban J connectivity index is 1.99. The third-order valence-electron chi connectivity index (χ3n) is 6.49. The number of esters is 2. The number of nitrogens with zero attached hydrogens (tertiary/aromatic N) is 1. The van der Waals surface area contributed by atoms with Gasteiger partial charge >= 0.3 is 11.9 Å². The summed E-state index contributed by atoms with van der Waals surface area (Å²) >= 11 is 8.15. The minimum absolute atomic E-state index is 0.104. The van der Waals surface area contributed by atoms with Crippen molar-refractivity contribution in [2.24, 2.45) is 0 Å². The van der Waals surface area contributed by atoms with Crippen LogP contribution in [0.25, 0.3) is 5.57 Å². The molecule has 0 saturated heterocycles. The number of fused-ring (bicyclic) bond motifs is 1. The van der Waals surface area contributed by atoms with Gasteiger partial charge in [-0.1, -0.05) is 53.4 Å². The van der Waals surface area contributed by atoms with Gasteiger partial charge in [-0.25, -0.2) is 18.0 Å². The van der Waals surface area contributed by atoms with Crippen LogP contribution in [0.1, 0.15) is 36.1 Å². The van der Waals surface area contributed by atoms with Crippen LogP contribution in [-0.4, -0.2) is 45.0 Å². The van der Waals surface area contributed by atoms with E-state index in [0.29, 0.717) is 25.9 Å². The van der Waals surface area contributed by atoms with Crippen molar-refractivity contribution in [2.45, 2.75) is 45.1 Å². The molecule has 2 aliphatic heterocycles. The number of thiocarbonyl (C=S) groups is 1. The van der Waals surface area contributed by atoms with Gasteiger partial charge in [0.1, 0.15) is 9.81 Å². The van der Waals surface area contributed by atoms with Crippen molar-refractivity contribution in [3.63, 3.8) is 0 Å². The van der Waals surface area contributed by atoms with E-state index in [1.807, 2.05) is 32.9 Å². The minimum Gasteiger partial charge on any atom is -0.465 e. The zero-order valence-corrected chi connectivity index (χ0v) is 25.3. The monoisotopic (exact) mass is 589 g/mol. The summed E-state index contributed by atoms with van der Waals surface area (Å²) in [5.74, 6) is -1.33. The molecule has 0 aliphatic carbocycles. The average Bonchev–Trinajstić information content (AvgIpc) is 3.30. The number of anilines is 1. The van der Waals surface area contributed by atoms with Crippen LogP contribution >= 0.6 is 35.7 Å². The quantitative estimate of drug-likeness (QED) is 0.254. The molecule has 0 bridgehead atoms. The van der Waals surface area contributed by atoms with Crippen LogP contribution in [0, 0.1) is 20.8 Å². The van der Waals surface area contributed by atoms with Gasteiger partial charge in [-0.2, -0.15) is 0 Å². The number of thioether (sulfide) groups is 2. The van der Waals surface area contributed by atoms with E-state index in [9.17, 15) is 18.0 Å². The fraction of sp³-hybridized carbons (Fsp3) is 0.296. The average molecular weight is 590 g/mol. The van der Waals surface area contributed by atoms with Gasteiger partial charge in [0.25, 0.3) is 10.0 Å². The molecule has 0 atom stereocenters. The molecular weight excluding hydrogens is 563 g/mol. The standard InChI is InChI=1S/C27H27NO6S4/c1-14-8-10-17(11-9-14)38(31,32)28-19-13-16(3)15(2)12-18(19)20(23(35)27(28,4)5)26-36-21(24(29)33-6)22(37-26)25(30)34-7/h8-13H,1-7H3. The van der Waals surface area contributed by atoms with Crippen LogP contribution in [0.5, 0.6) is 0 Å². The van der Waals surface area contributed by atoms with E-state index >= 15 is 0 Å². The van der Waals surface area contributed by atoms with E-state index in [4.69, 9.17) is 21.7 Å². The molecule has 0 saturated carbocycles. The Labute approximate surface area is 236 Å². The summed E-state index contributed by atoms with van der Waals surface area (Å²) in [5, 5.41) is 0. The second-order valence-electron chi connectivity index (χ2n) is 9.43. The predicted molar refractivity (Wildman–Crippen MR) is 157 cm³/mol. The largest absolute Gasteiger partial charge is 0.465 e. The number of ether oxygens (including phenoxy) is 2. The minimum atomic E-state index is -4.01. The van der Waals surface area contributed by atoms with E-state index in [1.165, 1.54) is 18.5 Å². The Morgan fingerprint density at radius 1 is 0.895 bits per heavy atom. The summed E-state index contributed by atoms with van der Waals surface area (Å²) in [7, 11) is -1.53. The van der Waals surface area contributed by atoms with Crippen LogP contribution in [0.15, 0.2) is 55.3 Å². The lowest BCUT2D eigenvalue weighted by Crippen LogP contribution is -2.55. The Morgan fingerprint density at radius 2 is 1.39 bits per heavy atom. The Bertz CT molecular complexity index is 1520. The number of hydrogen-bond acceptors (Lipinski definition) is 9. The highest BCUT2D eigenvalue weighted by atomic mass is 32.2. The number of rotatable bonds is 4. The van der Waals surface area contributed by atoms with Crippen LogP contribution in [0.4, 0.5) is 5.69 Å². The lowest BCUT2D eigenvalue weighted by molar-refractivity contribution is -0.138. The summed E-state index contributed by atoms with van der Waals surface area (Å²) in [6, 6.07) is 10.5. The Morgan fingerprint density at radius 3 is 1.89 bits per heavy atom. The van der Waals surface area contributed by atoms with Crippen molar-refractivity contribution in [1.82, 2.24) is 0 Å². The molecule has 0 spiro atoms. The van der Waals surface area contributed by atoms with E-state index in [0.717, 1.165) is 40.2 Å². The van der Waals surface area contributed by atoms with E-state index in [1.54, 1.807) is 38.1 Å². The molecule has 2 heterocycles. The molecule has 0 aromatic heterocycles. The van der Waals surface area contributed by atoms with Gasteiger partial charge in [-0.3, -0.25) is 4.31 Å². The van der Waals surface area contributed by atoms with Crippen LogP contribution in [0.3, 0.4) is 0 Å². The summed E-state index contributed by atoms with van der Waals surface area (Å²) < 4.78 is 40.0. The Kier molecular flexibility index (Phi) is 7.61. The third kappa shape index (κ3) is 4.59. The number of methoxy groups -OCH3 is 2. The van der Waals surface area contributed by atoms with Crippen LogP contribution in [0.2, 0.25) is 0 Å². The van der Waals surface area contributed by atoms with E-state index < -0.39 is 27.5 Å². The molecule has 0 amide bonds. The van der Waals surface area contributed by atoms with Gasteiger partial charge in [0, 0.05) is 11.1 Å². The fourth-order valence-corrected chi connectivity index (χ4v) is 9.18. The first-order chi connectivity index (χ1) is 17.7.